The van der Waals surface area contributed by atoms with E-state index in [-0.39, 0.29) is 23.8 Å². The van der Waals surface area contributed by atoms with Gasteiger partial charge in [-0.1, -0.05) is 12.1 Å². The lowest BCUT2D eigenvalue weighted by molar-refractivity contribution is -0.138. The van der Waals surface area contributed by atoms with Crippen molar-refractivity contribution < 1.29 is 18.7 Å². The summed E-state index contributed by atoms with van der Waals surface area (Å²) in [6.07, 6.45) is 3.96. The number of hydrogen-bond donors (Lipinski definition) is 1. The van der Waals surface area contributed by atoms with Crippen molar-refractivity contribution in [2.45, 2.75) is 50.5 Å². The fourth-order valence-corrected chi connectivity index (χ4v) is 3.83. The van der Waals surface area contributed by atoms with Gasteiger partial charge in [-0.05, 0) is 56.1 Å². The summed E-state index contributed by atoms with van der Waals surface area (Å²) in [6, 6.07) is 4.32. The van der Waals surface area contributed by atoms with Gasteiger partial charge in [0.2, 0.25) is 5.91 Å². The van der Waals surface area contributed by atoms with E-state index < -0.39 is 11.6 Å². The molecule has 0 atom stereocenters. The summed E-state index contributed by atoms with van der Waals surface area (Å²) in [5.41, 5.74) is 0.429. The van der Waals surface area contributed by atoms with Crippen molar-refractivity contribution in [1.82, 2.24) is 4.90 Å². The number of aliphatic hydroxyl groups is 1. The van der Waals surface area contributed by atoms with Gasteiger partial charge in [0.1, 0.15) is 0 Å². The van der Waals surface area contributed by atoms with Crippen LogP contribution in [0.3, 0.4) is 0 Å². The molecule has 1 aromatic carbocycles. The minimum Gasteiger partial charge on any atom is -0.393 e. The van der Waals surface area contributed by atoms with Crippen LogP contribution in [0.15, 0.2) is 18.2 Å². The maximum absolute atomic E-state index is 13.9. The van der Waals surface area contributed by atoms with Gasteiger partial charge in [0, 0.05) is 19.0 Å². The van der Waals surface area contributed by atoms with Crippen molar-refractivity contribution in [3.63, 3.8) is 0 Å². The molecule has 1 saturated heterocycles. The van der Waals surface area contributed by atoms with E-state index in [0.717, 1.165) is 18.9 Å². The quantitative estimate of drug-likeness (QED) is 0.908. The third-order valence-corrected chi connectivity index (χ3v) is 5.27. The van der Waals surface area contributed by atoms with E-state index in [2.05, 4.69) is 0 Å². The van der Waals surface area contributed by atoms with Crippen LogP contribution in [0.2, 0.25) is 0 Å². The first-order valence-corrected chi connectivity index (χ1v) is 8.47. The number of piperidine rings is 1. The van der Waals surface area contributed by atoms with Crippen LogP contribution in [-0.4, -0.2) is 35.1 Å². The maximum Gasteiger partial charge on any atom is 0.225 e. The highest BCUT2D eigenvalue weighted by Gasteiger charge is 2.32. The third kappa shape index (κ3) is 3.55. The van der Waals surface area contributed by atoms with E-state index in [1.54, 1.807) is 12.1 Å². The molecule has 1 N–H and O–H groups in total. The van der Waals surface area contributed by atoms with Crippen molar-refractivity contribution in [2.75, 3.05) is 13.1 Å². The minimum atomic E-state index is -0.804. The molecule has 3 rings (SSSR count). The first kappa shape index (κ1) is 16.4. The van der Waals surface area contributed by atoms with Gasteiger partial charge in [0.05, 0.1) is 6.10 Å². The van der Waals surface area contributed by atoms with Crippen LogP contribution in [0.1, 0.15) is 50.0 Å². The second-order valence-corrected chi connectivity index (χ2v) is 6.75. The van der Waals surface area contributed by atoms with Crippen LogP contribution >= 0.6 is 0 Å². The van der Waals surface area contributed by atoms with Gasteiger partial charge in [-0.3, -0.25) is 4.79 Å². The van der Waals surface area contributed by atoms with Crippen LogP contribution in [0.5, 0.6) is 0 Å². The SMILES string of the molecule is O=C(C1CCC(O)CC1)N1CCC(c2cccc(F)c2F)CC1. The van der Waals surface area contributed by atoms with Gasteiger partial charge in [0.25, 0.3) is 0 Å². The van der Waals surface area contributed by atoms with Gasteiger partial charge in [0.15, 0.2) is 11.6 Å². The topological polar surface area (TPSA) is 40.5 Å². The molecule has 2 aliphatic rings. The number of likely N-dealkylation sites (tertiary alicyclic amines) is 1. The highest BCUT2D eigenvalue weighted by Crippen LogP contribution is 2.32. The zero-order valence-electron chi connectivity index (χ0n) is 13.2. The zero-order chi connectivity index (χ0) is 16.4. The molecule has 1 amide bonds. The third-order valence-electron chi connectivity index (χ3n) is 5.27. The van der Waals surface area contributed by atoms with Gasteiger partial charge >= 0.3 is 0 Å². The Morgan fingerprint density at radius 1 is 1.04 bits per heavy atom. The number of halogens is 2. The Kier molecular flexibility index (Phi) is 4.95. The molecule has 0 radical (unpaired) electrons. The summed E-state index contributed by atoms with van der Waals surface area (Å²) in [6.45, 7) is 1.19. The molecule has 3 nitrogen and oxygen atoms in total. The molecule has 1 saturated carbocycles. The molecule has 2 fully saturated rings. The predicted octanol–water partition coefficient (Wildman–Crippen LogP) is 3.22. The average molecular weight is 323 g/mol. The van der Waals surface area contributed by atoms with Gasteiger partial charge in [-0.2, -0.15) is 0 Å². The minimum absolute atomic E-state index is 0.0147. The molecule has 0 bridgehead atoms. The molecule has 1 aliphatic heterocycles. The van der Waals surface area contributed by atoms with Crippen LogP contribution in [-0.2, 0) is 4.79 Å². The largest absolute Gasteiger partial charge is 0.393 e. The average Bonchev–Trinajstić information content (AvgIpc) is 2.58. The smallest absolute Gasteiger partial charge is 0.225 e. The summed E-state index contributed by atoms with van der Waals surface area (Å²) < 4.78 is 27.2. The molecular formula is C18H23F2NO2. The Morgan fingerprint density at radius 2 is 1.70 bits per heavy atom. The Bertz CT molecular complexity index is 562. The van der Waals surface area contributed by atoms with E-state index in [9.17, 15) is 18.7 Å². The fourth-order valence-electron chi connectivity index (χ4n) is 3.83. The molecular weight excluding hydrogens is 300 g/mol. The number of carbonyl (C=O) groups is 1. The Balaban J connectivity index is 1.58. The van der Waals surface area contributed by atoms with Crippen molar-refractivity contribution in [3.05, 3.63) is 35.4 Å². The summed E-state index contributed by atoms with van der Waals surface area (Å²) in [7, 11) is 0. The van der Waals surface area contributed by atoms with Crippen LogP contribution in [0, 0.1) is 17.6 Å². The first-order chi connectivity index (χ1) is 11.1. The number of hydrogen-bond acceptors (Lipinski definition) is 2. The lowest BCUT2D eigenvalue weighted by Gasteiger charge is -2.36. The molecule has 0 unspecified atom stereocenters. The predicted molar refractivity (Wildman–Crippen MR) is 82.9 cm³/mol. The highest BCUT2D eigenvalue weighted by molar-refractivity contribution is 5.79. The van der Waals surface area contributed by atoms with E-state index in [1.807, 2.05) is 4.90 Å². The van der Waals surface area contributed by atoms with Gasteiger partial charge in [-0.25, -0.2) is 8.78 Å². The standard InChI is InChI=1S/C18H23F2NO2/c19-16-3-1-2-15(17(16)20)12-8-10-21(11-9-12)18(23)13-4-6-14(22)7-5-13/h1-3,12-14,22H,4-11H2. The maximum atomic E-state index is 13.9. The summed E-state index contributed by atoms with van der Waals surface area (Å²) in [4.78, 5) is 14.4. The van der Waals surface area contributed by atoms with Crippen LogP contribution in [0.4, 0.5) is 8.78 Å². The van der Waals surface area contributed by atoms with E-state index in [1.165, 1.54) is 0 Å². The molecule has 1 heterocycles. The van der Waals surface area contributed by atoms with E-state index in [0.29, 0.717) is 44.3 Å². The first-order valence-electron chi connectivity index (χ1n) is 8.47. The lowest BCUT2D eigenvalue weighted by atomic mass is 9.84. The van der Waals surface area contributed by atoms with Crippen molar-refractivity contribution >= 4 is 5.91 Å². The number of carbonyl (C=O) groups excluding carboxylic acids is 1. The molecule has 23 heavy (non-hydrogen) atoms. The Morgan fingerprint density at radius 3 is 2.35 bits per heavy atom. The van der Waals surface area contributed by atoms with Crippen LogP contribution < -0.4 is 0 Å². The number of aliphatic hydroxyl groups excluding tert-OH is 1. The molecule has 5 heteroatoms. The zero-order valence-corrected chi connectivity index (χ0v) is 13.2. The van der Waals surface area contributed by atoms with Crippen molar-refractivity contribution in [1.29, 1.82) is 0 Å². The number of nitrogens with zero attached hydrogens (tertiary/aromatic N) is 1. The van der Waals surface area contributed by atoms with Crippen molar-refractivity contribution in [3.8, 4) is 0 Å². The van der Waals surface area contributed by atoms with E-state index >= 15 is 0 Å². The van der Waals surface area contributed by atoms with Gasteiger partial charge in [-0.15, -0.1) is 0 Å². The second-order valence-electron chi connectivity index (χ2n) is 6.75. The molecule has 0 aromatic heterocycles. The number of rotatable bonds is 2. The van der Waals surface area contributed by atoms with Crippen LogP contribution in [0.25, 0.3) is 0 Å². The van der Waals surface area contributed by atoms with Gasteiger partial charge < -0.3 is 10.0 Å². The fraction of sp³-hybridized carbons (Fsp3) is 0.611. The van der Waals surface area contributed by atoms with E-state index in [4.69, 9.17) is 0 Å². The van der Waals surface area contributed by atoms with Crippen molar-refractivity contribution in [2.24, 2.45) is 5.92 Å². The molecule has 126 valence electrons. The number of benzene rings is 1. The molecule has 1 aliphatic carbocycles. The molecule has 0 spiro atoms. The number of amides is 1. The summed E-state index contributed by atoms with van der Waals surface area (Å²) in [5, 5.41) is 9.54. The monoisotopic (exact) mass is 323 g/mol. The summed E-state index contributed by atoms with van der Waals surface area (Å²) >= 11 is 0. The Hall–Kier alpha value is -1.49. The second kappa shape index (κ2) is 6.95. The molecule has 1 aromatic rings. The Labute approximate surface area is 135 Å². The highest BCUT2D eigenvalue weighted by atomic mass is 19.2. The normalized spacial score (nSPS) is 26.3. The summed E-state index contributed by atoms with van der Waals surface area (Å²) in [5.74, 6) is -1.40. The lowest BCUT2D eigenvalue weighted by Crippen LogP contribution is -2.42.